The van der Waals surface area contributed by atoms with E-state index in [1.54, 1.807) is 0 Å². The van der Waals surface area contributed by atoms with Crippen molar-refractivity contribution in [3.63, 3.8) is 0 Å². The summed E-state index contributed by atoms with van der Waals surface area (Å²) in [5.41, 5.74) is -1.95. The zero-order valence-electron chi connectivity index (χ0n) is 10.3. The molecule has 0 unspecified atom stereocenters. The van der Waals surface area contributed by atoms with Crippen molar-refractivity contribution in [3.05, 3.63) is 58.1 Å². The molecule has 0 heterocycles. The Balaban J connectivity index is 2.42. The summed E-state index contributed by atoms with van der Waals surface area (Å²) in [6.45, 7) is 0. The topological polar surface area (TPSA) is 72.6 Å². The first kappa shape index (κ1) is 14.6. The number of nitro benzene ring substituents is 1. The van der Waals surface area contributed by atoms with Gasteiger partial charge in [0.05, 0.1) is 10.5 Å². The third-order valence-electron chi connectivity index (χ3n) is 2.53. The van der Waals surface area contributed by atoms with Gasteiger partial charge in [-0.15, -0.1) is 0 Å². The molecule has 21 heavy (non-hydrogen) atoms. The second kappa shape index (κ2) is 5.31. The van der Waals surface area contributed by atoms with Gasteiger partial charge in [-0.05, 0) is 24.3 Å². The number of aromatic hydroxyl groups is 1. The Bertz CT molecular complexity index is 685. The number of hydrogen-bond acceptors (Lipinski definition) is 4. The predicted molar refractivity (Wildman–Crippen MR) is 66.3 cm³/mol. The minimum absolute atomic E-state index is 0.0675. The van der Waals surface area contributed by atoms with Gasteiger partial charge in [0.25, 0.3) is 0 Å². The number of phenols is 1. The number of nitro groups is 1. The molecule has 0 amide bonds. The Morgan fingerprint density at radius 2 is 1.86 bits per heavy atom. The van der Waals surface area contributed by atoms with Crippen molar-refractivity contribution in [2.24, 2.45) is 0 Å². The maximum absolute atomic E-state index is 12.5. The Kier molecular flexibility index (Phi) is 3.70. The molecular weight excluding hydrogens is 291 g/mol. The van der Waals surface area contributed by atoms with Gasteiger partial charge in [-0.2, -0.15) is 13.2 Å². The summed E-state index contributed by atoms with van der Waals surface area (Å²) in [4.78, 5) is 9.90. The van der Waals surface area contributed by atoms with Crippen molar-refractivity contribution in [1.82, 2.24) is 0 Å². The standard InChI is InChI=1S/C13H8F3NO4/c14-13(15,16)8-4-5-12(11(6-8)17(19)20)21-10-3-1-2-9(18)7-10/h1-7,18H. The van der Waals surface area contributed by atoms with E-state index in [4.69, 9.17) is 4.74 Å². The van der Waals surface area contributed by atoms with Crippen molar-refractivity contribution in [2.45, 2.75) is 6.18 Å². The number of alkyl halides is 3. The molecule has 1 N–H and O–H groups in total. The predicted octanol–water partition coefficient (Wildman–Crippen LogP) is 4.11. The lowest BCUT2D eigenvalue weighted by atomic mass is 10.2. The fourth-order valence-corrected chi connectivity index (χ4v) is 1.60. The van der Waals surface area contributed by atoms with Gasteiger partial charge in [-0.1, -0.05) is 6.07 Å². The van der Waals surface area contributed by atoms with Crippen LogP contribution < -0.4 is 4.74 Å². The van der Waals surface area contributed by atoms with Crippen LogP contribution in [0.15, 0.2) is 42.5 Å². The smallest absolute Gasteiger partial charge is 0.416 e. The molecule has 2 aromatic rings. The summed E-state index contributed by atoms with van der Waals surface area (Å²) in [6.07, 6.45) is -4.69. The summed E-state index contributed by atoms with van der Waals surface area (Å²) in [5.74, 6) is -0.418. The molecule has 0 saturated carbocycles. The molecule has 0 aromatic heterocycles. The lowest BCUT2D eigenvalue weighted by molar-refractivity contribution is -0.385. The van der Waals surface area contributed by atoms with E-state index >= 15 is 0 Å². The van der Waals surface area contributed by atoms with Crippen LogP contribution in [0, 0.1) is 10.1 Å². The molecule has 5 nitrogen and oxygen atoms in total. The third-order valence-corrected chi connectivity index (χ3v) is 2.53. The van der Waals surface area contributed by atoms with Crippen molar-refractivity contribution < 1.29 is 27.9 Å². The van der Waals surface area contributed by atoms with Gasteiger partial charge in [0, 0.05) is 12.1 Å². The van der Waals surface area contributed by atoms with Crippen LogP contribution in [-0.4, -0.2) is 10.0 Å². The number of nitrogens with zero attached hydrogens (tertiary/aromatic N) is 1. The zero-order valence-corrected chi connectivity index (χ0v) is 10.3. The van der Waals surface area contributed by atoms with Crippen LogP contribution in [0.5, 0.6) is 17.2 Å². The first-order chi connectivity index (χ1) is 9.77. The molecule has 0 bridgehead atoms. The Morgan fingerprint density at radius 1 is 1.14 bits per heavy atom. The summed E-state index contributed by atoms with van der Waals surface area (Å²) in [5, 5.41) is 20.1. The average Bonchev–Trinajstić information content (AvgIpc) is 2.37. The van der Waals surface area contributed by atoms with E-state index in [0.29, 0.717) is 12.1 Å². The Morgan fingerprint density at radius 3 is 2.43 bits per heavy atom. The van der Waals surface area contributed by atoms with Gasteiger partial charge in [-0.3, -0.25) is 10.1 Å². The number of hydrogen-bond donors (Lipinski definition) is 1. The van der Waals surface area contributed by atoms with Crippen LogP contribution in [-0.2, 0) is 6.18 Å². The molecule has 0 radical (unpaired) electrons. The normalized spacial score (nSPS) is 11.2. The van der Waals surface area contributed by atoms with E-state index in [2.05, 4.69) is 0 Å². The summed E-state index contributed by atoms with van der Waals surface area (Å²) >= 11 is 0. The lowest BCUT2D eigenvalue weighted by Gasteiger charge is -2.10. The van der Waals surface area contributed by atoms with Crippen molar-refractivity contribution in [1.29, 1.82) is 0 Å². The Hall–Kier alpha value is -2.77. The molecule has 2 aromatic carbocycles. The zero-order chi connectivity index (χ0) is 15.6. The van der Waals surface area contributed by atoms with Crippen molar-refractivity contribution in [2.75, 3.05) is 0 Å². The molecule has 2 rings (SSSR count). The van der Waals surface area contributed by atoms with Gasteiger partial charge in [0.15, 0.2) is 0 Å². The first-order valence-electron chi connectivity index (χ1n) is 5.60. The highest BCUT2D eigenvalue weighted by Gasteiger charge is 2.33. The maximum atomic E-state index is 12.5. The van der Waals surface area contributed by atoms with Gasteiger partial charge in [-0.25, -0.2) is 0 Å². The number of rotatable bonds is 3. The highest BCUT2D eigenvalue weighted by Crippen LogP contribution is 2.38. The first-order valence-corrected chi connectivity index (χ1v) is 5.60. The van der Waals surface area contributed by atoms with E-state index in [9.17, 15) is 28.4 Å². The van der Waals surface area contributed by atoms with Gasteiger partial charge in [0.2, 0.25) is 5.75 Å². The maximum Gasteiger partial charge on any atom is 0.416 e. The number of ether oxygens (including phenoxy) is 1. The quantitative estimate of drug-likeness (QED) is 0.683. The highest BCUT2D eigenvalue weighted by molar-refractivity contribution is 5.51. The van der Waals surface area contributed by atoms with Gasteiger partial charge in [0.1, 0.15) is 11.5 Å². The number of phenolic OH excluding ortho intramolecular Hbond substituents is 1. The molecule has 0 aliphatic heterocycles. The average molecular weight is 299 g/mol. The van der Waals surface area contributed by atoms with E-state index < -0.39 is 22.4 Å². The molecule has 8 heteroatoms. The van der Waals surface area contributed by atoms with Gasteiger partial charge >= 0.3 is 11.9 Å². The summed E-state index contributed by atoms with van der Waals surface area (Å²) in [7, 11) is 0. The van der Waals surface area contributed by atoms with E-state index in [1.165, 1.54) is 24.3 Å². The largest absolute Gasteiger partial charge is 0.508 e. The molecule has 0 aliphatic carbocycles. The fraction of sp³-hybridized carbons (Fsp3) is 0.0769. The molecule has 110 valence electrons. The van der Waals surface area contributed by atoms with Crippen LogP contribution in [0.1, 0.15) is 5.56 Å². The van der Waals surface area contributed by atoms with Crippen molar-refractivity contribution in [3.8, 4) is 17.2 Å². The van der Waals surface area contributed by atoms with Crippen LogP contribution in [0.4, 0.5) is 18.9 Å². The van der Waals surface area contributed by atoms with E-state index in [1.807, 2.05) is 0 Å². The SMILES string of the molecule is O=[N+]([O-])c1cc(C(F)(F)F)ccc1Oc1cccc(O)c1. The van der Waals surface area contributed by atoms with E-state index in [-0.39, 0.29) is 17.2 Å². The molecule has 0 atom stereocenters. The van der Waals surface area contributed by atoms with Crippen LogP contribution in [0.2, 0.25) is 0 Å². The van der Waals surface area contributed by atoms with E-state index in [0.717, 1.165) is 6.07 Å². The van der Waals surface area contributed by atoms with Crippen LogP contribution >= 0.6 is 0 Å². The van der Waals surface area contributed by atoms with Crippen LogP contribution in [0.25, 0.3) is 0 Å². The molecular formula is C13H8F3NO4. The lowest BCUT2D eigenvalue weighted by Crippen LogP contribution is -2.06. The second-order valence-corrected chi connectivity index (χ2v) is 4.04. The van der Waals surface area contributed by atoms with Gasteiger partial charge < -0.3 is 9.84 Å². The monoisotopic (exact) mass is 299 g/mol. The van der Waals surface area contributed by atoms with Crippen molar-refractivity contribution >= 4 is 5.69 Å². The summed E-state index contributed by atoms with van der Waals surface area (Å²) in [6, 6.07) is 7.32. The fourth-order valence-electron chi connectivity index (χ4n) is 1.60. The second-order valence-electron chi connectivity index (χ2n) is 4.04. The molecule has 0 spiro atoms. The molecule has 0 saturated heterocycles. The minimum atomic E-state index is -4.69. The number of benzene rings is 2. The number of halogens is 3. The third kappa shape index (κ3) is 3.41. The molecule has 0 aliphatic rings. The highest BCUT2D eigenvalue weighted by atomic mass is 19.4. The summed E-state index contributed by atoms with van der Waals surface area (Å²) < 4.78 is 42.8. The minimum Gasteiger partial charge on any atom is -0.508 e. The van der Waals surface area contributed by atoms with Crippen LogP contribution in [0.3, 0.4) is 0 Å². The Labute approximate surface area is 116 Å². The molecule has 0 fully saturated rings.